The third kappa shape index (κ3) is 4.40. The largest absolute Gasteiger partial charge is 0.348 e. The third-order valence-electron chi connectivity index (χ3n) is 5.41. The summed E-state index contributed by atoms with van der Waals surface area (Å²) in [6, 6.07) is 13.8. The first-order valence-electron chi connectivity index (χ1n) is 9.90. The van der Waals surface area contributed by atoms with Gasteiger partial charge in [-0.3, -0.25) is 14.9 Å². The summed E-state index contributed by atoms with van der Waals surface area (Å²) in [7, 11) is 0. The van der Waals surface area contributed by atoms with Crippen LogP contribution < -0.4 is 5.32 Å². The van der Waals surface area contributed by atoms with Crippen molar-refractivity contribution < 1.29 is 9.72 Å². The molecule has 0 bridgehead atoms. The fourth-order valence-electron chi connectivity index (χ4n) is 2.94. The molecule has 0 saturated carbocycles. The first-order chi connectivity index (χ1) is 14.2. The fourth-order valence-corrected chi connectivity index (χ4v) is 2.94. The number of hydrogen-bond donors (Lipinski definition) is 1. The van der Waals surface area contributed by atoms with Crippen LogP contribution in [0.3, 0.4) is 0 Å². The molecule has 1 N–H and O–H groups in total. The van der Waals surface area contributed by atoms with Gasteiger partial charge in [-0.25, -0.2) is 4.68 Å². The first kappa shape index (κ1) is 21.2. The van der Waals surface area contributed by atoms with Crippen LogP contribution >= 0.6 is 0 Å². The molecule has 0 saturated heterocycles. The maximum atomic E-state index is 13.0. The lowest BCUT2D eigenvalue weighted by molar-refractivity contribution is -0.384. The molecule has 156 valence electrons. The Balaban J connectivity index is 2.08. The number of nitro benzene ring substituents is 1. The second kappa shape index (κ2) is 8.49. The Morgan fingerprint density at radius 2 is 1.70 bits per heavy atom. The summed E-state index contributed by atoms with van der Waals surface area (Å²) in [4.78, 5) is 23.5. The fraction of sp³-hybridized carbons (Fsp3) is 0.304. The molecule has 1 heterocycles. The molecule has 1 amide bonds. The number of nitro groups is 1. The number of nitrogens with one attached hydrogen (secondary N) is 1. The van der Waals surface area contributed by atoms with E-state index in [4.69, 9.17) is 0 Å². The third-order valence-corrected chi connectivity index (χ3v) is 5.41. The van der Waals surface area contributed by atoms with Crippen LogP contribution in [0.2, 0.25) is 0 Å². The first-order valence-corrected chi connectivity index (χ1v) is 9.90. The van der Waals surface area contributed by atoms with E-state index in [0.717, 1.165) is 11.1 Å². The zero-order valence-electron chi connectivity index (χ0n) is 17.8. The number of carbonyl (C=O) groups is 1. The molecular formula is C23H26N4O3. The summed E-state index contributed by atoms with van der Waals surface area (Å²) in [5.41, 5.74) is 4.83. The van der Waals surface area contributed by atoms with Crippen molar-refractivity contribution >= 4 is 11.6 Å². The number of aryl methyl sites for hydroxylation is 2. The summed E-state index contributed by atoms with van der Waals surface area (Å²) in [6.07, 6.45) is 0. The second-order valence-electron chi connectivity index (χ2n) is 7.91. The van der Waals surface area contributed by atoms with E-state index >= 15 is 0 Å². The van der Waals surface area contributed by atoms with E-state index in [2.05, 4.69) is 10.4 Å². The van der Waals surface area contributed by atoms with Crippen molar-refractivity contribution in [3.63, 3.8) is 0 Å². The van der Waals surface area contributed by atoms with Crippen molar-refractivity contribution in [3.05, 3.63) is 75.5 Å². The maximum absolute atomic E-state index is 13.0. The minimum atomic E-state index is -0.453. The lowest BCUT2D eigenvalue weighted by Crippen LogP contribution is -2.37. The number of hydrogen-bond acceptors (Lipinski definition) is 4. The average Bonchev–Trinajstić information content (AvgIpc) is 3.15. The number of carbonyl (C=O) groups excluding carboxylic acids is 1. The van der Waals surface area contributed by atoms with Crippen molar-refractivity contribution in [2.24, 2.45) is 5.92 Å². The summed E-state index contributed by atoms with van der Waals surface area (Å²) < 4.78 is 1.54. The van der Waals surface area contributed by atoms with E-state index < -0.39 is 4.92 Å². The van der Waals surface area contributed by atoms with E-state index in [-0.39, 0.29) is 23.6 Å². The molecule has 0 spiro atoms. The van der Waals surface area contributed by atoms with Crippen LogP contribution in [0.15, 0.2) is 48.5 Å². The van der Waals surface area contributed by atoms with E-state index in [0.29, 0.717) is 17.1 Å². The highest BCUT2D eigenvalue weighted by molar-refractivity contribution is 5.94. The van der Waals surface area contributed by atoms with Crippen LogP contribution in [0.5, 0.6) is 0 Å². The number of rotatable bonds is 6. The molecule has 3 aromatic rings. The predicted molar refractivity (Wildman–Crippen MR) is 117 cm³/mol. The molecule has 0 aliphatic carbocycles. The normalized spacial score (nSPS) is 12.1. The zero-order chi connectivity index (χ0) is 22.0. The van der Waals surface area contributed by atoms with Gasteiger partial charge in [-0.1, -0.05) is 26.0 Å². The van der Waals surface area contributed by atoms with Gasteiger partial charge in [-0.05, 0) is 62.1 Å². The van der Waals surface area contributed by atoms with Gasteiger partial charge in [-0.15, -0.1) is 0 Å². The van der Waals surface area contributed by atoms with Gasteiger partial charge in [0.2, 0.25) is 0 Å². The smallest absolute Gasteiger partial charge is 0.270 e. The SMILES string of the molecule is Cc1ccc(-c2cc(C(=O)N[C@H](C)C(C)C)n(-c3ccc([N+](=O)[O-])cc3)n2)cc1C. The van der Waals surface area contributed by atoms with Crippen LogP contribution in [-0.2, 0) is 0 Å². The maximum Gasteiger partial charge on any atom is 0.270 e. The monoisotopic (exact) mass is 406 g/mol. The number of non-ortho nitro benzene ring substituents is 1. The summed E-state index contributed by atoms with van der Waals surface area (Å²) in [5, 5.41) is 18.6. The van der Waals surface area contributed by atoms with Crippen LogP contribution in [0, 0.1) is 29.9 Å². The molecule has 3 rings (SSSR count). The molecule has 2 aromatic carbocycles. The molecule has 0 radical (unpaired) electrons. The van der Waals surface area contributed by atoms with E-state index in [1.54, 1.807) is 18.2 Å². The Bertz CT molecular complexity index is 1080. The Morgan fingerprint density at radius 1 is 1.03 bits per heavy atom. The molecule has 0 fully saturated rings. The summed E-state index contributed by atoms with van der Waals surface area (Å²) >= 11 is 0. The topological polar surface area (TPSA) is 90.1 Å². The summed E-state index contributed by atoms with van der Waals surface area (Å²) in [6.45, 7) is 10.1. The highest BCUT2D eigenvalue weighted by Gasteiger charge is 2.21. The van der Waals surface area contributed by atoms with Gasteiger partial charge in [-0.2, -0.15) is 5.10 Å². The Morgan fingerprint density at radius 3 is 2.27 bits per heavy atom. The van der Waals surface area contributed by atoms with Gasteiger partial charge < -0.3 is 5.32 Å². The lowest BCUT2D eigenvalue weighted by Gasteiger charge is -2.17. The van der Waals surface area contributed by atoms with E-state index in [1.807, 2.05) is 52.8 Å². The highest BCUT2D eigenvalue weighted by atomic mass is 16.6. The van der Waals surface area contributed by atoms with Crippen molar-refractivity contribution in [2.45, 2.75) is 40.7 Å². The van der Waals surface area contributed by atoms with Gasteiger partial charge >= 0.3 is 0 Å². The minimum absolute atomic E-state index is 0.0113. The van der Waals surface area contributed by atoms with Gasteiger partial charge in [0.25, 0.3) is 11.6 Å². The van der Waals surface area contributed by atoms with Crippen molar-refractivity contribution in [2.75, 3.05) is 0 Å². The Hall–Kier alpha value is -3.48. The molecule has 0 aliphatic heterocycles. The highest BCUT2D eigenvalue weighted by Crippen LogP contribution is 2.25. The van der Waals surface area contributed by atoms with Gasteiger partial charge in [0.15, 0.2) is 0 Å². The molecule has 1 atom stereocenters. The van der Waals surface area contributed by atoms with Crippen molar-refractivity contribution in [1.29, 1.82) is 0 Å². The van der Waals surface area contributed by atoms with Crippen LogP contribution in [0.25, 0.3) is 16.9 Å². The molecule has 0 unspecified atom stereocenters. The molecule has 30 heavy (non-hydrogen) atoms. The van der Waals surface area contributed by atoms with Crippen LogP contribution in [0.4, 0.5) is 5.69 Å². The number of amides is 1. The molecule has 7 heteroatoms. The standard InChI is InChI=1S/C23H26N4O3/c1-14(2)17(5)24-23(28)22-13-21(18-7-6-15(3)16(4)12-18)25-26(22)19-8-10-20(11-9-19)27(29)30/h6-14,17H,1-5H3,(H,24,28)/t17-/m1/s1. The predicted octanol–water partition coefficient (Wildman–Crippen LogP) is 4.84. The van der Waals surface area contributed by atoms with Crippen molar-refractivity contribution in [1.82, 2.24) is 15.1 Å². The van der Waals surface area contributed by atoms with Gasteiger partial charge in [0.05, 0.1) is 16.3 Å². The molecule has 0 aliphatic rings. The van der Waals surface area contributed by atoms with Gasteiger partial charge in [0.1, 0.15) is 5.69 Å². The van der Waals surface area contributed by atoms with E-state index in [1.165, 1.54) is 22.4 Å². The average molecular weight is 406 g/mol. The van der Waals surface area contributed by atoms with Crippen molar-refractivity contribution in [3.8, 4) is 16.9 Å². The quantitative estimate of drug-likeness (QED) is 0.468. The number of aromatic nitrogens is 2. The molecule has 1 aromatic heterocycles. The van der Waals surface area contributed by atoms with Crippen LogP contribution in [0.1, 0.15) is 42.4 Å². The Kier molecular flexibility index (Phi) is 6.01. The molecule has 7 nitrogen and oxygen atoms in total. The summed E-state index contributed by atoms with van der Waals surface area (Å²) in [5.74, 6) is 0.0426. The van der Waals surface area contributed by atoms with Crippen LogP contribution in [-0.4, -0.2) is 26.7 Å². The lowest BCUT2D eigenvalue weighted by atomic mass is 10.0. The van der Waals surface area contributed by atoms with E-state index in [9.17, 15) is 14.9 Å². The number of nitrogens with zero attached hydrogens (tertiary/aromatic N) is 3. The number of benzene rings is 2. The molecular weight excluding hydrogens is 380 g/mol. The van der Waals surface area contributed by atoms with Gasteiger partial charge in [0, 0.05) is 23.7 Å². The Labute approximate surface area is 175 Å². The minimum Gasteiger partial charge on any atom is -0.348 e. The zero-order valence-corrected chi connectivity index (χ0v) is 17.8. The second-order valence-corrected chi connectivity index (χ2v) is 7.91.